The molecule has 0 bridgehead atoms. The van der Waals surface area contributed by atoms with Crippen LogP contribution in [0.4, 0.5) is 0 Å². The Morgan fingerprint density at radius 3 is 3.06 bits per heavy atom. The molecule has 88 valence electrons. The summed E-state index contributed by atoms with van der Waals surface area (Å²) in [7, 11) is 0. The quantitative estimate of drug-likeness (QED) is 0.918. The molecule has 5 heteroatoms. The number of nitrogens with one attached hydrogen (secondary N) is 1. The molecule has 1 unspecified atom stereocenters. The maximum Gasteiger partial charge on any atom is 0.139 e. The fourth-order valence-corrected chi connectivity index (χ4v) is 2.79. The molecule has 2 rings (SSSR count). The lowest BCUT2D eigenvalue weighted by Crippen LogP contribution is -2.41. The van der Waals surface area contributed by atoms with Crippen molar-refractivity contribution in [2.75, 3.05) is 24.7 Å². The normalized spacial score (nSPS) is 20.8. The molecular weight excluding hydrogens is 265 g/mol. The van der Waals surface area contributed by atoms with Gasteiger partial charge in [0.05, 0.1) is 11.1 Å². The van der Waals surface area contributed by atoms with E-state index in [0.29, 0.717) is 28.4 Å². The van der Waals surface area contributed by atoms with Crippen molar-refractivity contribution in [3.8, 4) is 5.75 Å². The predicted molar refractivity (Wildman–Crippen MR) is 71.1 cm³/mol. The summed E-state index contributed by atoms with van der Waals surface area (Å²) >= 11 is 13.9. The Morgan fingerprint density at radius 2 is 2.31 bits per heavy atom. The van der Waals surface area contributed by atoms with Gasteiger partial charge in [0.15, 0.2) is 0 Å². The molecule has 2 nitrogen and oxygen atoms in total. The minimum Gasteiger partial charge on any atom is -0.490 e. The van der Waals surface area contributed by atoms with Gasteiger partial charge in [-0.1, -0.05) is 29.3 Å². The van der Waals surface area contributed by atoms with E-state index in [4.69, 9.17) is 27.9 Å². The monoisotopic (exact) mass is 277 g/mol. The SMILES string of the molecule is Clc1cccc(OCC2CSCCN2)c1Cl. The molecule has 0 aliphatic carbocycles. The van der Waals surface area contributed by atoms with Crippen LogP contribution in [-0.2, 0) is 0 Å². The van der Waals surface area contributed by atoms with E-state index in [0.717, 1.165) is 12.3 Å². The fourth-order valence-electron chi connectivity index (χ4n) is 1.51. The zero-order valence-corrected chi connectivity index (χ0v) is 11.0. The Morgan fingerprint density at radius 1 is 1.44 bits per heavy atom. The summed E-state index contributed by atoms with van der Waals surface area (Å²) in [6.07, 6.45) is 0. The van der Waals surface area contributed by atoms with Crippen LogP contribution in [0.5, 0.6) is 5.75 Å². The highest BCUT2D eigenvalue weighted by atomic mass is 35.5. The van der Waals surface area contributed by atoms with Crippen LogP contribution >= 0.6 is 35.0 Å². The zero-order valence-electron chi connectivity index (χ0n) is 8.71. The molecule has 1 heterocycles. The third kappa shape index (κ3) is 3.20. The van der Waals surface area contributed by atoms with E-state index < -0.39 is 0 Å². The number of thioether (sulfide) groups is 1. The zero-order chi connectivity index (χ0) is 11.4. The Bertz CT molecular complexity index is 356. The Labute approximate surface area is 110 Å². The van der Waals surface area contributed by atoms with Gasteiger partial charge in [-0.25, -0.2) is 0 Å². The highest BCUT2D eigenvalue weighted by Gasteiger charge is 2.14. The second kappa shape index (κ2) is 6.01. The highest BCUT2D eigenvalue weighted by Crippen LogP contribution is 2.31. The molecule has 0 aromatic heterocycles. The summed E-state index contributed by atoms with van der Waals surface area (Å²) in [6.45, 7) is 1.68. The van der Waals surface area contributed by atoms with Gasteiger partial charge in [-0.3, -0.25) is 0 Å². The summed E-state index contributed by atoms with van der Waals surface area (Å²) in [5.41, 5.74) is 0. The summed E-state index contributed by atoms with van der Waals surface area (Å²) in [5.74, 6) is 2.92. The Balaban J connectivity index is 1.91. The smallest absolute Gasteiger partial charge is 0.139 e. The van der Waals surface area contributed by atoms with Crippen molar-refractivity contribution in [2.45, 2.75) is 6.04 Å². The Hall–Kier alpha value is -0.0900. The summed E-state index contributed by atoms with van der Waals surface area (Å²) < 4.78 is 5.66. The molecule has 1 aromatic carbocycles. The van der Waals surface area contributed by atoms with Crippen LogP contribution in [0.1, 0.15) is 0 Å². The van der Waals surface area contributed by atoms with Gasteiger partial charge in [0.2, 0.25) is 0 Å². The molecule has 16 heavy (non-hydrogen) atoms. The average Bonchev–Trinajstić information content (AvgIpc) is 2.32. The lowest BCUT2D eigenvalue weighted by molar-refractivity contribution is 0.276. The molecule has 1 aliphatic rings. The molecule has 0 spiro atoms. The van der Waals surface area contributed by atoms with Crippen molar-refractivity contribution in [1.29, 1.82) is 0 Å². The number of rotatable bonds is 3. The highest BCUT2D eigenvalue weighted by molar-refractivity contribution is 7.99. The second-order valence-corrected chi connectivity index (χ2v) is 5.52. The van der Waals surface area contributed by atoms with E-state index in [1.165, 1.54) is 5.75 Å². The van der Waals surface area contributed by atoms with E-state index in [1.807, 2.05) is 23.9 Å². The van der Waals surface area contributed by atoms with Gasteiger partial charge in [0, 0.05) is 18.1 Å². The van der Waals surface area contributed by atoms with E-state index in [1.54, 1.807) is 6.07 Å². The maximum atomic E-state index is 6.03. The van der Waals surface area contributed by atoms with Crippen LogP contribution in [0.25, 0.3) is 0 Å². The number of hydrogen-bond donors (Lipinski definition) is 1. The first-order valence-electron chi connectivity index (χ1n) is 5.15. The summed E-state index contributed by atoms with van der Waals surface area (Å²) in [6, 6.07) is 5.83. The molecule has 1 aromatic rings. The van der Waals surface area contributed by atoms with Crippen molar-refractivity contribution in [2.24, 2.45) is 0 Å². The van der Waals surface area contributed by atoms with Gasteiger partial charge in [-0.15, -0.1) is 0 Å². The van der Waals surface area contributed by atoms with Gasteiger partial charge in [-0.2, -0.15) is 11.8 Å². The Kier molecular flexibility index (Phi) is 4.65. The van der Waals surface area contributed by atoms with E-state index in [2.05, 4.69) is 5.32 Å². The molecule has 1 N–H and O–H groups in total. The lowest BCUT2D eigenvalue weighted by atomic mass is 10.3. The summed E-state index contributed by atoms with van der Waals surface area (Å²) in [5, 5.41) is 4.43. The molecule has 0 saturated carbocycles. The molecule has 1 aliphatic heterocycles. The van der Waals surface area contributed by atoms with Crippen LogP contribution in [-0.4, -0.2) is 30.7 Å². The van der Waals surface area contributed by atoms with Crippen molar-refractivity contribution in [1.82, 2.24) is 5.32 Å². The van der Waals surface area contributed by atoms with Crippen molar-refractivity contribution in [3.63, 3.8) is 0 Å². The van der Waals surface area contributed by atoms with Gasteiger partial charge in [-0.05, 0) is 12.1 Å². The fraction of sp³-hybridized carbons (Fsp3) is 0.455. The maximum absolute atomic E-state index is 6.03. The first kappa shape index (κ1) is 12.4. The minimum absolute atomic E-state index is 0.397. The predicted octanol–water partition coefficient (Wildman–Crippen LogP) is 3.08. The molecule has 1 fully saturated rings. The number of halogens is 2. The topological polar surface area (TPSA) is 21.3 Å². The van der Waals surface area contributed by atoms with E-state index in [-0.39, 0.29) is 0 Å². The van der Waals surface area contributed by atoms with Gasteiger partial charge >= 0.3 is 0 Å². The van der Waals surface area contributed by atoms with Gasteiger partial charge in [0.1, 0.15) is 17.4 Å². The molecule has 1 atom stereocenters. The molecule has 1 saturated heterocycles. The molecular formula is C11H13Cl2NOS. The first-order chi connectivity index (χ1) is 7.77. The van der Waals surface area contributed by atoms with Crippen LogP contribution in [0, 0.1) is 0 Å². The second-order valence-electron chi connectivity index (χ2n) is 3.59. The number of ether oxygens (including phenoxy) is 1. The van der Waals surface area contributed by atoms with Gasteiger partial charge in [0.25, 0.3) is 0 Å². The average molecular weight is 278 g/mol. The lowest BCUT2D eigenvalue weighted by Gasteiger charge is -2.23. The third-order valence-corrected chi connectivity index (χ3v) is 4.29. The van der Waals surface area contributed by atoms with E-state index >= 15 is 0 Å². The van der Waals surface area contributed by atoms with Crippen LogP contribution in [0.3, 0.4) is 0 Å². The van der Waals surface area contributed by atoms with Gasteiger partial charge < -0.3 is 10.1 Å². The van der Waals surface area contributed by atoms with Crippen LogP contribution < -0.4 is 10.1 Å². The van der Waals surface area contributed by atoms with Crippen molar-refractivity contribution in [3.05, 3.63) is 28.2 Å². The van der Waals surface area contributed by atoms with E-state index in [9.17, 15) is 0 Å². The third-order valence-electron chi connectivity index (χ3n) is 2.35. The standard InChI is InChI=1S/C11H13Cl2NOS/c12-9-2-1-3-10(11(9)13)15-6-8-7-16-5-4-14-8/h1-3,8,14H,4-7H2. The molecule has 0 radical (unpaired) electrons. The number of hydrogen-bond acceptors (Lipinski definition) is 3. The first-order valence-corrected chi connectivity index (χ1v) is 7.06. The minimum atomic E-state index is 0.397. The van der Waals surface area contributed by atoms with Crippen LogP contribution in [0.15, 0.2) is 18.2 Å². The van der Waals surface area contributed by atoms with Crippen molar-refractivity contribution >= 4 is 35.0 Å². The van der Waals surface area contributed by atoms with Crippen molar-refractivity contribution < 1.29 is 4.74 Å². The number of benzene rings is 1. The molecule has 0 amide bonds. The van der Waals surface area contributed by atoms with Crippen LogP contribution in [0.2, 0.25) is 10.0 Å². The summed E-state index contributed by atoms with van der Waals surface area (Å²) in [4.78, 5) is 0. The largest absolute Gasteiger partial charge is 0.490 e.